The Morgan fingerprint density at radius 1 is 1.36 bits per heavy atom. The number of benzene rings is 1. The summed E-state index contributed by atoms with van der Waals surface area (Å²) in [5.74, 6) is -0.134. The Morgan fingerprint density at radius 2 is 2.16 bits per heavy atom. The molecule has 6 nitrogen and oxygen atoms in total. The fourth-order valence-electron chi connectivity index (χ4n) is 2.91. The second-order valence-electron chi connectivity index (χ2n) is 6.37. The molecule has 1 aliphatic heterocycles. The summed E-state index contributed by atoms with van der Waals surface area (Å²) in [6.45, 7) is 4.48. The second kappa shape index (κ2) is 7.37. The van der Waals surface area contributed by atoms with Crippen molar-refractivity contribution in [3.8, 4) is 17.0 Å². The molecule has 1 aromatic heterocycles. The molecule has 2 atom stereocenters. The summed E-state index contributed by atoms with van der Waals surface area (Å²) in [5.41, 5.74) is 2.45. The first-order chi connectivity index (χ1) is 11.9. The Labute approximate surface area is 151 Å². The molecule has 2 aromatic rings. The van der Waals surface area contributed by atoms with Crippen LogP contribution in [0.2, 0.25) is 5.02 Å². The highest BCUT2D eigenvalue weighted by atomic mass is 35.5. The fourth-order valence-corrected chi connectivity index (χ4v) is 3.14. The van der Waals surface area contributed by atoms with E-state index in [2.05, 4.69) is 15.3 Å². The van der Waals surface area contributed by atoms with Crippen LogP contribution in [0.15, 0.2) is 30.6 Å². The number of aromatic nitrogens is 2. The van der Waals surface area contributed by atoms with Gasteiger partial charge in [0.2, 0.25) is 0 Å². The molecule has 25 heavy (non-hydrogen) atoms. The van der Waals surface area contributed by atoms with E-state index in [0.717, 1.165) is 17.0 Å². The zero-order valence-corrected chi connectivity index (χ0v) is 14.8. The van der Waals surface area contributed by atoms with Crippen LogP contribution >= 0.6 is 11.6 Å². The molecule has 132 valence electrons. The highest BCUT2D eigenvalue weighted by molar-refractivity contribution is 6.32. The average Bonchev–Trinajstić information content (AvgIpc) is 3.07. The molecule has 1 aromatic carbocycles. The van der Waals surface area contributed by atoms with Gasteiger partial charge in [0.25, 0.3) is 0 Å². The summed E-state index contributed by atoms with van der Waals surface area (Å²) in [6, 6.07) is 6.92. The number of nitrogens with zero attached hydrogens (tertiary/aromatic N) is 2. The molecule has 1 saturated heterocycles. The van der Waals surface area contributed by atoms with E-state index >= 15 is 0 Å². The minimum absolute atomic E-state index is 0.0473. The first-order valence-electron chi connectivity index (χ1n) is 8.18. The normalized spacial score (nSPS) is 20.0. The first-order valence-corrected chi connectivity index (χ1v) is 8.56. The molecule has 2 heterocycles. The monoisotopic (exact) mass is 361 g/mol. The minimum atomic E-state index is -0.829. The molecule has 3 rings (SSSR count). The molecule has 0 bridgehead atoms. The van der Waals surface area contributed by atoms with Crippen LogP contribution in [-0.2, 0) is 4.79 Å². The number of carboxylic acids is 1. The van der Waals surface area contributed by atoms with Crippen molar-refractivity contribution in [3.05, 3.63) is 41.3 Å². The van der Waals surface area contributed by atoms with Gasteiger partial charge >= 0.3 is 5.97 Å². The Morgan fingerprint density at radius 3 is 2.80 bits per heavy atom. The molecule has 0 radical (unpaired) electrons. The SMILES string of the molecule is CC(C)Oc1ccc(-c2cc(C3CNC(C(=O)O)C3)ncn2)cc1Cl. The number of carboxylic acid groups (broad SMARTS) is 1. The zero-order chi connectivity index (χ0) is 18.0. The summed E-state index contributed by atoms with van der Waals surface area (Å²) in [6.07, 6.45) is 2.07. The number of halogens is 1. The van der Waals surface area contributed by atoms with Gasteiger partial charge in [-0.15, -0.1) is 0 Å². The van der Waals surface area contributed by atoms with E-state index in [1.807, 2.05) is 38.1 Å². The molecular formula is C18H20ClN3O3. The molecule has 1 aliphatic rings. The molecule has 0 aliphatic carbocycles. The van der Waals surface area contributed by atoms with Crippen LogP contribution in [0.5, 0.6) is 5.75 Å². The van der Waals surface area contributed by atoms with Gasteiger partial charge < -0.3 is 15.2 Å². The fraction of sp³-hybridized carbons (Fsp3) is 0.389. The molecule has 2 unspecified atom stereocenters. The van der Waals surface area contributed by atoms with Gasteiger partial charge in [-0.2, -0.15) is 0 Å². The van der Waals surface area contributed by atoms with Crippen LogP contribution in [0.1, 0.15) is 31.9 Å². The Bertz CT molecular complexity index is 782. The van der Waals surface area contributed by atoms with E-state index in [0.29, 0.717) is 23.7 Å². The Hall–Kier alpha value is -2.18. The van der Waals surface area contributed by atoms with Crippen molar-refractivity contribution in [3.63, 3.8) is 0 Å². The third kappa shape index (κ3) is 4.08. The van der Waals surface area contributed by atoms with Gasteiger partial charge in [0.1, 0.15) is 18.1 Å². The van der Waals surface area contributed by atoms with E-state index in [9.17, 15) is 4.79 Å². The van der Waals surface area contributed by atoms with Crippen molar-refractivity contribution < 1.29 is 14.6 Å². The van der Waals surface area contributed by atoms with E-state index in [1.165, 1.54) is 6.33 Å². The zero-order valence-electron chi connectivity index (χ0n) is 14.1. The van der Waals surface area contributed by atoms with Crippen LogP contribution in [0.4, 0.5) is 0 Å². The molecule has 7 heteroatoms. The van der Waals surface area contributed by atoms with E-state index in [4.69, 9.17) is 21.4 Å². The molecule has 0 saturated carbocycles. The van der Waals surface area contributed by atoms with E-state index < -0.39 is 12.0 Å². The third-order valence-corrected chi connectivity index (χ3v) is 4.42. The molecule has 1 fully saturated rings. The van der Waals surface area contributed by atoms with Crippen molar-refractivity contribution in [2.75, 3.05) is 6.54 Å². The van der Waals surface area contributed by atoms with Gasteiger partial charge in [-0.3, -0.25) is 4.79 Å². The standard InChI is InChI=1S/C18H20ClN3O3/c1-10(2)25-17-4-3-11(5-13(17)19)14-7-15(22-9-21-14)12-6-16(18(23)24)20-8-12/h3-5,7,9-10,12,16,20H,6,8H2,1-2H3,(H,23,24). The highest BCUT2D eigenvalue weighted by Gasteiger charge is 2.31. The van der Waals surface area contributed by atoms with Gasteiger partial charge in [0, 0.05) is 23.7 Å². The number of ether oxygens (including phenoxy) is 1. The van der Waals surface area contributed by atoms with Crippen molar-refractivity contribution in [2.45, 2.75) is 38.3 Å². The number of hydrogen-bond acceptors (Lipinski definition) is 5. The van der Waals surface area contributed by atoms with E-state index in [-0.39, 0.29) is 12.0 Å². The van der Waals surface area contributed by atoms with Gasteiger partial charge in [-0.05, 0) is 44.5 Å². The maximum atomic E-state index is 11.1. The van der Waals surface area contributed by atoms with Crippen molar-refractivity contribution >= 4 is 17.6 Å². The smallest absolute Gasteiger partial charge is 0.320 e. The van der Waals surface area contributed by atoms with Crippen LogP contribution in [0.3, 0.4) is 0 Å². The molecule has 2 N–H and O–H groups in total. The summed E-state index contributed by atoms with van der Waals surface area (Å²) >= 11 is 6.30. The largest absolute Gasteiger partial charge is 0.489 e. The average molecular weight is 362 g/mol. The van der Waals surface area contributed by atoms with Crippen LogP contribution in [-0.4, -0.2) is 39.7 Å². The summed E-state index contributed by atoms with van der Waals surface area (Å²) < 4.78 is 5.65. The van der Waals surface area contributed by atoms with Crippen molar-refractivity contribution in [1.82, 2.24) is 15.3 Å². The number of rotatable bonds is 5. The van der Waals surface area contributed by atoms with Gasteiger partial charge in [-0.25, -0.2) is 9.97 Å². The second-order valence-corrected chi connectivity index (χ2v) is 6.78. The van der Waals surface area contributed by atoms with E-state index in [1.54, 1.807) is 0 Å². The van der Waals surface area contributed by atoms with Gasteiger partial charge in [-0.1, -0.05) is 11.6 Å². The summed E-state index contributed by atoms with van der Waals surface area (Å²) in [5, 5.41) is 12.6. The Balaban J connectivity index is 1.82. The minimum Gasteiger partial charge on any atom is -0.489 e. The Kier molecular flexibility index (Phi) is 5.20. The molecule has 0 spiro atoms. The highest BCUT2D eigenvalue weighted by Crippen LogP contribution is 2.32. The number of aliphatic carboxylic acids is 1. The van der Waals surface area contributed by atoms with Crippen molar-refractivity contribution in [1.29, 1.82) is 0 Å². The predicted molar refractivity (Wildman–Crippen MR) is 95.0 cm³/mol. The molecule has 0 amide bonds. The predicted octanol–water partition coefficient (Wildman–Crippen LogP) is 3.11. The summed E-state index contributed by atoms with van der Waals surface area (Å²) in [4.78, 5) is 19.7. The number of nitrogens with one attached hydrogen (secondary N) is 1. The topological polar surface area (TPSA) is 84.3 Å². The lowest BCUT2D eigenvalue weighted by molar-refractivity contribution is -0.139. The first kappa shape index (κ1) is 17.6. The van der Waals surface area contributed by atoms with Gasteiger partial charge in [0.15, 0.2) is 0 Å². The quantitative estimate of drug-likeness (QED) is 0.851. The maximum Gasteiger partial charge on any atom is 0.320 e. The lowest BCUT2D eigenvalue weighted by Gasteiger charge is -2.13. The number of carbonyl (C=O) groups is 1. The third-order valence-electron chi connectivity index (χ3n) is 4.13. The maximum absolute atomic E-state index is 11.1. The van der Waals surface area contributed by atoms with Gasteiger partial charge in [0.05, 0.1) is 16.8 Å². The lowest BCUT2D eigenvalue weighted by atomic mass is 10.00. The summed E-state index contributed by atoms with van der Waals surface area (Å²) in [7, 11) is 0. The lowest BCUT2D eigenvalue weighted by Crippen LogP contribution is -2.29. The van der Waals surface area contributed by atoms with Crippen LogP contribution in [0.25, 0.3) is 11.3 Å². The number of hydrogen-bond donors (Lipinski definition) is 2. The van der Waals surface area contributed by atoms with Crippen molar-refractivity contribution in [2.24, 2.45) is 0 Å². The van der Waals surface area contributed by atoms with Crippen LogP contribution < -0.4 is 10.1 Å². The van der Waals surface area contributed by atoms with Crippen LogP contribution in [0, 0.1) is 0 Å². The molecular weight excluding hydrogens is 342 g/mol.